The third-order valence-electron chi connectivity index (χ3n) is 5.03. The molecule has 4 rings (SSSR count). The molecule has 1 aliphatic heterocycles. The SMILES string of the molecule is CCCn1c(=O)c(CNC[C@H]2COc3ccccc3O2)cc2ccc(C)cc21. The van der Waals surface area contributed by atoms with Crippen molar-refractivity contribution in [1.82, 2.24) is 9.88 Å². The second-order valence-electron chi connectivity index (χ2n) is 7.32. The van der Waals surface area contributed by atoms with Crippen LogP contribution >= 0.6 is 0 Å². The van der Waals surface area contributed by atoms with Crippen molar-refractivity contribution < 1.29 is 9.47 Å². The highest BCUT2D eigenvalue weighted by Gasteiger charge is 2.20. The van der Waals surface area contributed by atoms with E-state index in [2.05, 4.69) is 37.4 Å². The minimum atomic E-state index is -0.0733. The predicted octanol–water partition coefficient (Wildman–Crippen LogP) is 3.65. The van der Waals surface area contributed by atoms with Crippen LogP contribution in [0.5, 0.6) is 11.5 Å². The molecule has 28 heavy (non-hydrogen) atoms. The average Bonchev–Trinajstić information content (AvgIpc) is 2.71. The molecule has 0 aliphatic carbocycles. The molecular weight excluding hydrogens is 352 g/mol. The normalized spacial score (nSPS) is 15.7. The van der Waals surface area contributed by atoms with E-state index in [0.29, 0.717) is 19.7 Å². The van der Waals surface area contributed by atoms with Crippen LogP contribution in [0.4, 0.5) is 0 Å². The summed E-state index contributed by atoms with van der Waals surface area (Å²) < 4.78 is 13.6. The van der Waals surface area contributed by atoms with E-state index >= 15 is 0 Å². The number of ether oxygens (including phenoxy) is 2. The molecule has 1 aromatic heterocycles. The van der Waals surface area contributed by atoms with Gasteiger partial charge >= 0.3 is 0 Å². The molecule has 146 valence electrons. The molecule has 0 saturated carbocycles. The number of pyridine rings is 1. The fourth-order valence-electron chi connectivity index (χ4n) is 3.65. The van der Waals surface area contributed by atoms with Crippen molar-refractivity contribution in [2.45, 2.75) is 39.5 Å². The van der Waals surface area contributed by atoms with Crippen molar-refractivity contribution >= 4 is 10.9 Å². The third-order valence-corrected chi connectivity index (χ3v) is 5.03. The molecule has 1 atom stereocenters. The number of hydrogen-bond acceptors (Lipinski definition) is 4. The van der Waals surface area contributed by atoms with Crippen LogP contribution in [0, 0.1) is 6.92 Å². The lowest BCUT2D eigenvalue weighted by atomic mass is 10.1. The van der Waals surface area contributed by atoms with Crippen LogP contribution in [0.2, 0.25) is 0 Å². The molecular formula is C23H26N2O3. The van der Waals surface area contributed by atoms with Crippen LogP contribution in [-0.4, -0.2) is 23.8 Å². The lowest BCUT2D eigenvalue weighted by molar-refractivity contribution is 0.0902. The second-order valence-corrected chi connectivity index (χ2v) is 7.32. The Morgan fingerprint density at radius 2 is 1.96 bits per heavy atom. The zero-order valence-electron chi connectivity index (χ0n) is 16.4. The maximum absolute atomic E-state index is 13.0. The number of aryl methyl sites for hydroxylation is 2. The van der Waals surface area contributed by atoms with Gasteiger partial charge in [0.15, 0.2) is 11.5 Å². The zero-order valence-corrected chi connectivity index (χ0v) is 16.4. The Labute approximate surface area is 164 Å². The number of fused-ring (bicyclic) bond motifs is 2. The lowest BCUT2D eigenvalue weighted by Crippen LogP contribution is -2.39. The molecule has 0 saturated heterocycles. The van der Waals surface area contributed by atoms with Gasteiger partial charge in [-0.05, 0) is 48.6 Å². The Hall–Kier alpha value is -2.79. The van der Waals surface area contributed by atoms with E-state index in [1.165, 1.54) is 0 Å². The first-order valence-electron chi connectivity index (χ1n) is 9.88. The molecule has 3 aromatic rings. The first-order chi connectivity index (χ1) is 13.7. The lowest BCUT2D eigenvalue weighted by Gasteiger charge is -2.26. The minimum Gasteiger partial charge on any atom is -0.486 e. The smallest absolute Gasteiger partial charge is 0.255 e. The van der Waals surface area contributed by atoms with Gasteiger partial charge in [-0.2, -0.15) is 0 Å². The summed E-state index contributed by atoms with van der Waals surface area (Å²) >= 11 is 0. The minimum absolute atomic E-state index is 0.0733. The van der Waals surface area contributed by atoms with Gasteiger partial charge in [-0.25, -0.2) is 0 Å². The van der Waals surface area contributed by atoms with Gasteiger partial charge in [0.2, 0.25) is 0 Å². The van der Waals surface area contributed by atoms with E-state index in [-0.39, 0.29) is 11.7 Å². The van der Waals surface area contributed by atoms with E-state index in [1.54, 1.807) is 0 Å². The first-order valence-corrected chi connectivity index (χ1v) is 9.88. The maximum atomic E-state index is 13.0. The molecule has 5 nitrogen and oxygen atoms in total. The van der Waals surface area contributed by atoms with Crippen LogP contribution in [0.3, 0.4) is 0 Å². The Morgan fingerprint density at radius 1 is 1.14 bits per heavy atom. The standard InChI is InChI=1S/C23H26N2O3/c1-3-10-25-20-11-16(2)8-9-17(20)12-18(23(25)26)13-24-14-19-15-27-21-6-4-5-7-22(21)28-19/h4-9,11-12,19,24H,3,10,13-15H2,1-2H3/t19-/m0/s1. The van der Waals surface area contributed by atoms with Crippen molar-refractivity contribution in [2.75, 3.05) is 13.2 Å². The Balaban J connectivity index is 1.48. The zero-order chi connectivity index (χ0) is 19.5. The Bertz CT molecular complexity index is 1040. The van der Waals surface area contributed by atoms with E-state index in [9.17, 15) is 4.79 Å². The monoisotopic (exact) mass is 378 g/mol. The van der Waals surface area contributed by atoms with E-state index in [4.69, 9.17) is 9.47 Å². The van der Waals surface area contributed by atoms with Gasteiger partial charge in [-0.1, -0.05) is 31.2 Å². The highest BCUT2D eigenvalue weighted by Crippen LogP contribution is 2.30. The van der Waals surface area contributed by atoms with Crippen molar-refractivity contribution in [3.63, 3.8) is 0 Å². The van der Waals surface area contributed by atoms with Crippen LogP contribution in [-0.2, 0) is 13.1 Å². The fourth-order valence-corrected chi connectivity index (χ4v) is 3.65. The van der Waals surface area contributed by atoms with Crippen molar-refractivity contribution in [3.05, 3.63) is 70.0 Å². The van der Waals surface area contributed by atoms with Crippen LogP contribution in [0.25, 0.3) is 10.9 Å². The first kappa shape index (κ1) is 18.6. The molecule has 0 fully saturated rings. The number of aromatic nitrogens is 1. The van der Waals surface area contributed by atoms with Gasteiger partial charge in [0.05, 0.1) is 5.52 Å². The van der Waals surface area contributed by atoms with Gasteiger partial charge in [-0.3, -0.25) is 4.79 Å². The Morgan fingerprint density at radius 3 is 2.79 bits per heavy atom. The average molecular weight is 378 g/mol. The topological polar surface area (TPSA) is 52.5 Å². The number of nitrogens with zero attached hydrogens (tertiary/aromatic N) is 1. The number of benzene rings is 2. The molecule has 1 N–H and O–H groups in total. The predicted molar refractivity (Wildman–Crippen MR) is 111 cm³/mol. The summed E-state index contributed by atoms with van der Waals surface area (Å²) in [6.07, 6.45) is 0.850. The van der Waals surface area contributed by atoms with Crippen molar-refractivity contribution in [3.8, 4) is 11.5 Å². The number of nitrogens with one attached hydrogen (secondary N) is 1. The highest BCUT2D eigenvalue weighted by atomic mass is 16.6. The van der Waals surface area contributed by atoms with Gasteiger partial charge in [0.25, 0.3) is 5.56 Å². The molecule has 1 aliphatic rings. The van der Waals surface area contributed by atoms with Gasteiger partial charge in [0, 0.05) is 25.2 Å². The van der Waals surface area contributed by atoms with Crippen molar-refractivity contribution in [1.29, 1.82) is 0 Å². The molecule has 0 spiro atoms. The van der Waals surface area contributed by atoms with Crippen LogP contribution in [0.15, 0.2) is 53.3 Å². The summed E-state index contributed by atoms with van der Waals surface area (Å²) in [4.78, 5) is 13.0. The van der Waals surface area contributed by atoms with Gasteiger partial charge < -0.3 is 19.4 Å². The molecule has 0 amide bonds. The highest BCUT2D eigenvalue weighted by molar-refractivity contribution is 5.80. The molecule has 5 heteroatoms. The van der Waals surface area contributed by atoms with E-state index in [1.807, 2.05) is 34.9 Å². The summed E-state index contributed by atoms with van der Waals surface area (Å²) in [6.45, 7) is 6.50. The summed E-state index contributed by atoms with van der Waals surface area (Å²) in [7, 11) is 0. The summed E-state index contributed by atoms with van der Waals surface area (Å²) in [5.74, 6) is 1.55. The summed E-state index contributed by atoms with van der Waals surface area (Å²) in [6, 6.07) is 16.0. The Kier molecular flexibility index (Phi) is 5.35. The molecule has 0 bridgehead atoms. The van der Waals surface area contributed by atoms with E-state index < -0.39 is 0 Å². The molecule has 2 heterocycles. The van der Waals surface area contributed by atoms with Crippen LogP contribution < -0.4 is 20.3 Å². The molecule has 0 unspecified atom stereocenters. The number of hydrogen-bond donors (Lipinski definition) is 1. The van der Waals surface area contributed by atoms with Crippen molar-refractivity contribution in [2.24, 2.45) is 0 Å². The van der Waals surface area contributed by atoms with Gasteiger partial charge in [-0.15, -0.1) is 0 Å². The summed E-state index contributed by atoms with van der Waals surface area (Å²) in [5.41, 5.74) is 3.04. The maximum Gasteiger partial charge on any atom is 0.255 e. The second kappa shape index (κ2) is 8.07. The van der Waals surface area contributed by atoms with E-state index in [0.717, 1.165) is 46.5 Å². The fraction of sp³-hybridized carbons (Fsp3) is 0.348. The quantitative estimate of drug-likeness (QED) is 0.711. The largest absolute Gasteiger partial charge is 0.486 e. The summed E-state index contributed by atoms with van der Waals surface area (Å²) in [5, 5.41) is 4.47. The van der Waals surface area contributed by atoms with Gasteiger partial charge in [0.1, 0.15) is 12.7 Å². The third kappa shape index (κ3) is 3.76. The van der Waals surface area contributed by atoms with Crippen LogP contribution in [0.1, 0.15) is 24.5 Å². The molecule has 0 radical (unpaired) electrons. The number of para-hydroxylation sites is 2. The molecule has 2 aromatic carbocycles. The number of rotatable bonds is 6.